The van der Waals surface area contributed by atoms with E-state index in [0.29, 0.717) is 16.4 Å². The molecule has 0 aliphatic carbocycles. The predicted octanol–water partition coefficient (Wildman–Crippen LogP) is 3.60. The van der Waals surface area contributed by atoms with E-state index in [0.717, 1.165) is 4.88 Å². The molecule has 2 N–H and O–H groups in total. The zero-order chi connectivity index (χ0) is 25.8. The van der Waals surface area contributed by atoms with E-state index < -0.39 is 30.0 Å². The quantitative estimate of drug-likeness (QED) is 0.489. The average Bonchev–Trinajstić information content (AvgIpc) is 3.29. The number of carbonyl (C=O) groups is 2. The molecule has 0 unspecified atom stereocenters. The van der Waals surface area contributed by atoms with E-state index in [1.807, 2.05) is 6.92 Å². The number of carbonyl (C=O) groups excluding carboxylic acids is 1. The van der Waals surface area contributed by atoms with Gasteiger partial charge in [0.15, 0.2) is 0 Å². The second-order valence-electron chi connectivity index (χ2n) is 8.40. The van der Waals surface area contributed by atoms with Crippen LogP contribution in [0.5, 0.6) is 5.75 Å². The molecule has 190 valence electrons. The summed E-state index contributed by atoms with van der Waals surface area (Å²) in [6.07, 6.45) is 3.32. The summed E-state index contributed by atoms with van der Waals surface area (Å²) in [5, 5.41) is 12.4. The first kappa shape index (κ1) is 25.5. The van der Waals surface area contributed by atoms with Crippen molar-refractivity contribution in [2.75, 3.05) is 26.3 Å². The molecule has 0 radical (unpaired) electrons. The van der Waals surface area contributed by atoms with Gasteiger partial charge in [-0.05, 0) is 32.9 Å². The van der Waals surface area contributed by atoms with Crippen LogP contribution in [-0.4, -0.2) is 69.4 Å². The van der Waals surface area contributed by atoms with E-state index >= 15 is 4.39 Å². The van der Waals surface area contributed by atoms with Gasteiger partial charge >= 0.3 is 6.09 Å². The van der Waals surface area contributed by atoms with Crippen molar-refractivity contribution in [2.45, 2.75) is 32.9 Å². The smallest absolute Gasteiger partial charge is 0.407 e. The molecule has 36 heavy (non-hydrogen) atoms. The van der Waals surface area contributed by atoms with Crippen molar-refractivity contribution in [3.63, 3.8) is 0 Å². The molecule has 0 spiro atoms. The number of ether oxygens (including phenoxy) is 2. The molecule has 10 nitrogen and oxygen atoms in total. The van der Waals surface area contributed by atoms with Gasteiger partial charge in [-0.2, -0.15) is 0 Å². The number of nitrogens with zero attached hydrogens (tertiary/aromatic N) is 4. The number of amides is 2. The predicted molar refractivity (Wildman–Crippen MR) is 130 cm³/mol. The number of nitrogens with one attached hydrogen (secondary N) is 1. The van der Waals surface area contributed by atoms with Gasteiger partial charge in [0.05, 0.1) is 30.3 Å². The van der Waals surface area contributed by atoms with Crippen molar-refractivity contribution < 1.29 is 28.6 Å². The monoisotopic (exact) mass is 515 g/mol. The maximum absolute atomic E-state index is 15.6. The van der Waals surface area contributed by atoms with Gasteiger partial charge in [-0.3, -0.25) is 4.79 Å². The Kier molecular flexibility index (Phi) is 7.75. The largest absolute Gasteiger partial charge is 0.491 e. The fourth-order valence-electron chi connectivity index (χ4n) is 3.65. The van der Waals surface area contributed by atoms with Gasteiger partial charge in [-0.1, -0.05) is 0 Å². The summed E-state index contributed by atoms with van der Waals surface area (Å²) >= 11 is 1.29. The number of morpholine rings is 1. The highest BCUT2D eigenvalue weighted by Gasteiger charge is 2.26. The molecule has 2 amide bonds. The number of aryl methyl sites for hydroxylation is 2. The number of carboxylic acid groups (broad SMARTS) is 1. The number of hydrogen-bond acceptors (Lipinski definition) is 8. The van der Waals surface area contributed by atoms with E-state index in [1.54, 1.807) is 32.4 Å². The maximum atomic E-state index is 15.6. The Balaban J connectivity index is 1.58. The molecule has 1 fully saturated rings. The van der Waals surface area contributed by atoms with Crippen molar-refractivity contribution in [3.8, 4) is 16.3 Å². The Morgan fingerprint density at radius 1 is 1.28 bits per heavy atom. The standard InChI is InChI=1S/C24H26FN5O5S/c1-13-8-28-23(36-13)20-7-17(35-12-18-11-30(24(32)33)4-5-34-18)6-19(21(20)25)22(31)29-14(2)16-9-26-15(3)27-10-16/h6-10,14,18H,4-5,11-12H2,1-3H3,(H,29,31)(H,32,33)/t14-,18-/m1/s1. The fourth-order valence-corrected chi connectivity index (χ4v) is 4.42. The Labute approximate surface area is 211 Å². The number of thiazole rings is 1. The van der Waals surface area contributed by atoms with Crippen molar-refractivity contribution in [2.24, 2.45) is 0 Å². The fraction of sp³-hybridized carbons (Fsp3) is 0.375. The van der Waals surface area contributed by atoms with Crippen LogP contribution in [0.25, 0.3) is 10.6 Å². The topological polar surface area (TPSA) is 127 Å². The molecule has 3 aromatic rings. The lowest BCUT2D eigenvalue weighted by Gasteiger charge is -2.30. The molecule has 3 heterocycles. The minimum atomic E-state index is -1.03. The van der Waals surface area contributed by atoms with Crippen LogP contribution >= 0.6 is 11.3 Å². The first-order valence-electron chi connectivity index (χ1n) is 11.3. The van der Waals surface area contributed by atoms with Gasteiger partial charge in [0.1, 0.15) is 35.1 Å². The van der Waals surface area contributed by atoms with E-state index in [9.17, 15) is 14.7 Å². The van der Waals surface area contributed by atoms with Gasteiger partial charge < -0.3 is 24.8 Å². The van der Waals surface area contributed by atoms with Gasteiger partial charge in [0.2, 0.25) is 0 Å². The summed E-state index contributed by atoms with van der Waals surface area (Å²) in [5.74, 6) is -0.504. The third kappa shape index (κ3) is 5.94. The number of rotatable bonds is 7. The van der Waals surface area contributed by atoms with Crippen LogP contribution < -0.4 is 10.1 Å². The van der Waals surface area contributed by atoms with Crippen LogP contribution in [0.15, 0.2) is 30.7 Å². The zero-order valence-corrected chi connectivity index (χ0v) is 20.8. The van der Waals surface area contributed by atoms with Crippen LogP contribution in [0.1, 0.15) is 39.6 Å². The Morgan fingerprint density at radius 2 is 2.03 bits per heavy atom. The Morgan fingerprint density at radius 3 is 2.69 bits per heavy atom. The molecule has 4 rings (SSSR count). The number of aromatic nitrogens is 3. The number of halogens is 1. The second kappa shape index (κ2) is 11.0. The Bertz CT molecular complexity index is 1250. The molecular formula is C24H26FN5O5S. The number of hydrogen-bond donors (Lipinski definition) is 2. The lowest BCUT2D eigenvalue weighted by molar-refractivity contribution is -0.0412. The summed E-state index contributed by atoms with van der Waals surface area (Å²) < 4.78 is 27.0. The van der Waals surface area contributed by atoms with E-state index in [1.165, 1.54) is 28.4 Å². The average molecular weight is 516 g/mol. The van der Waals surface area contributed by atoms with Gasteiger partial charge in [0, 0.05) is 35.6 Å². The third-order valence-corrected chi connectivity index (χ3v) is 6.58. The first-order valence-corrected chi connectivity index (χ1v) is 12.1. The molecule has 2 aromatic heterocycles. The van der Waals surface area contributed by atoms with Crippen molar-refractivity contribution in [1.82, 2.24) is 25.2 Å². The van der Waals surface area contributed by atoms with Crippen LogP contribution in [0.3, 0.4) is 0 Å². The van der Waals surface area contributed by atoms with E-state index in [4.69, 9.17) is 9.47 Å². The summed E-state index contributed by atoms with van der Waals surface area (Å²) in [7, 11) is 0. The van der Waals surface area contributed by atoms with Crippen LogP contribution in [-0.2, 0) is 4.74 Å². The second-order valence-corrected chi connectivity index (χ2v) is 9.63. The summed E-state index contributed by atoms with van der Waals surface area (Å²) in [6, 6.07) is 2.34. The molecule has 1 saturated heterocycles. The summed E-state index contributed by atoms with van der Waals surface area (Å²) in [5.41, 5.74) is 0.612. The maximum Gasteiger partial charge on any atom is 0.407 e. The molecule has 2 atom stereocenters. The normalized spacial score (nSPS) is 16.4. The summed E-state index contributed by atoms with van der Waals surface area (Å²) in [4.78, 5) is 39.1. The van der Waals surface area contributed by atoms with Crippen LogP contribution in [0.4, 0.5) is 9.18 Å². The van der Waals surface area contributed by atoms with Crippen LogP contribution in [0.2, 0.25) is 0 Å². The van der Waals surface area contributed by atoms with Crippen molar-refractivity contribution in [3.05, 3.63) is 58.4 Å². The van der Waals surface area contributed by atoms with Gasteiger partial charge in [-0.15, -0.1) is 11.3 Å². The highest BCUT2D eigenvalue weighted by atomic mass is 32.1. The third-order valence-electron chi connectivity index (χ3n) is 5.64. The Hall–Kier alpha value is -3.64. The van der Waals surface area contributed by atoms with Gasteiger partial charge in [-0.25, -0.2) is 24.1 Å². The minimum Gasteiger partial charge on any atom is -0.491 e. The van der Waals surface area contributed by atoms with E-state index in [-0.39, 0.29) is 43.2 Å². The van der Waals surface area contributed by atoms with Crippen LogP contribution in [0, 0.1) is 19.7 Å². The van der Waals surface area contributed by atoms with E-state index in [2.05, 4.69) is 20.3 Å². The highest BCUT2D eigenvalue weighted by Crippen LogP contribution is 2.33. The van der Waals surface area contributed by atoms with Crippen molar-refractivity contribution >= 4 is 23.3 Å². The highest BCUT2D eigenvalue weighted by molar-refractivity contribution is 7.14. The molecule has 0 bridgehead atoms. The molecule has 1 aliphatic rings. The minimum absolute atomic E-state index is 0.0317. The first-order chi connectivity index (χ1) is 17.2. The van der Waals surface area contributed by atoms with Crippen molar-refractivity contribution in [1.29, 1.82) is 0 Å². The molecule has 1 aromatic carbocycles. The number of benzene rings is 1. The SMILES string of the molecule is Cc1ncc([C@@H](C)NC(=O)c2cc(OC[C@H]3CN(C(=O)O)CCO3)cc(-c3ncc(C)s3)c2F)cn1. The van der Waals surface area contributed by atoms with Gasteiger partial charge in [0.25, 0.3) is 5.91 Å². The molecular weight excluding hydrogens is 489 g/mol. The summed E-state index contributed by atoms with van der Waals surface area (Å²) in [6.45, 7) is 6.08. The zero-order valence-electron chi connectivity index (χ0n) is 20.0. The lowest BCUT2D eigenvalue weighted by atomic mass is 10.1. The molecule has 1 aliphatic heterocycles. The molecule has 12 heteroatoms. The molecule has 0 saturated carbocycles. The lowest BCUT2D eigenvalue weighted by Crippen LogP contribution is -2.47.